The summed E-state index contributed by atoms with van der Waals surface area (Å²) in [4.78, 5) is 7.53. The van der Waals surface area contributed by atoms with Gasteiger partial charge in [0, 0.05) is 50.8 Å². The molecule has 0 saturated heterocycles. The smallest absolute Gasteiger partial charge is 0.0622 e. The summed E-state index contributed by atoms with van der Waals surface area (Å²) in [7, 11) is 2.21. The van der Waals surface area contributed by atoms with Gasteiger partial charge in [0.05, 0.1) is 6.04 Å². The summed E-state index contributed by atoms with van der Waals surface area (Å²) in [6.07, 6.45) is 7.98. The van der Waals surface area contributed by atoms with E-state index in [1.165, 1.54) is 39.2 Å². The van der Waals surface area contributed by atoms with Crippen LogP contribution < -0.4 is 9.80 Å². The van der Waals surface area contributed by atoms with Gasteiger partial charge in [-0.05, 0) is 59.2 Å². The van der Waals surface area contributed by atoms with Crippen molar-refractivity contribution >= 4 is 11.4 Å². The van der Waals surface area contributed by atoms with Crippen LogP contribution in [0.5, 0.6) is 0 Å². The van der Waals surface area contributed by atoms with Crippen molar-refractivity contribution in [3.63, 3.8) is 0 Å². The summed E-state index contributed by atoms with van der Waals surface area (Å²) in [6, 6.07) is 25.4. The van der Waals surface area contributed by atoms with Gasteiger partial charge in [-0.15, -0.1) is 0 Å². The molecule has 0 aliphatic carbocycles. The van der Waals surface area contributed by atoms with Crippen LogP contribution >= 0.6 is 0 Å². The number of rotatable bonds is 3. The standard InChI is InChI=1S/C29H31N3/c1-30-17-15-28(26-10-4-5-11-27(26)30)32-16-6-9-24-13-12-22(19-29(24)32)20-31-18-14-23-7-2-3-8-25(23)21-31/h2-8,10-13,16,19,28H,9,14-15,17-18,20-21H2,1H3. The minimum absolute atomic E-state index is 0.398. The molecule has 0 amide bonds. The number of nitrogens with zero attached hydrogens (tertiary/aromatic N) is 3. The first-order valence-electron chi connectivity index (χ1n) is 11.9. The first kappa shape index (κ1) is 19.6. The first-order chi connectivity index (χ1) is 15.8. The second-order valence-electron chi connectivity index (χ2n) is 9.47. The molecule has 3 aliphatic rings. The maximum Gasteiger partial charge on any atom is 0.0622 e. The second kappa shape index (κ2) is 8.14. The molecular formula is C29H31N3. The molecule has 1 unspecified atom stereocenters. The molecule has 1 atom stereocenters. The Bertz CT molecular complexity index is 1160. The number of para-hydroxylation sites is 1. The highest BCUT2D eigenvalue weighted by atomic mass is 15.2. The third-order valence-electron chi connectivity index (χ3n) is 7.43. The topological polar surface area (TPSA) is 9.72 Å². The van der Waals surface area contributed by atoms with E-state index < -0.39 is 0 Å². The van der Waals surface area contributed by atoms with Gasteiger partial charge in [0.25, 0.3) is 0 Å². The van der Waals surface area contributed by atoms with Crippen LogP contribution in [0.15, 0.2) is 79.0 Å². The van der Waals surface area contributed by atoms with Crippen LogP contribution in [0.25, 0.3) is 0 Å². The largest absolute Gasteiger partial charge is 0.374 e. The highest BCUT2D eigenvalue weighted by molar-refractivity contribution is 5.66. The fraction of sp³-hybridized carbons (Fsp3) is 0.310. The van der Waals surface area contributed by atoms with Crippen molar-refractivity contribution in [1.29, 1.82) is 0 Å². The fourth-order valence-electron chi connectivity index (χ4n) is 5.71. The molecule has 0 bridgehead atoms. The molecule has 3 aliphatic heterocycles. The van der Waals surface area contributed by atoms with E-state index in [1.807, 2.05) is 0 Å². The lowest BCUT2D eigenvalue weighted by Gasteiger charge is -2.41. The van der Waals surface area contributed by atoms with E-state index in [2.05, 4.69) is 101 Å². The van der Waals surface area contributed by atoms with Crippen LogP contribution in [0.4, 0.5) is 11.4 Å². The molecule has 3 heteroatoms. The molecule has 3 nitrogen and oxygen atoms in total. The van der Waals surface area contributed by atoms with Crippen LogP contribution in [-0.2, 0) is 25.9 Å². The Hall–Kier alpha value is -3.04. The predicted molar refractivity (Wildman–Crippen MR) is 133 cm³/mol. The van der Waals surface area contributed by atoms with E-state index in [1.54, 1.807) is 0 Å². The van der Waals surface area contributed by atoms with Crippen LogP contribution in [-0.4, -0.2) is 25.0 Å². The van der Waals surface area contributed by atoms with Gasteiger partial charge in [0.2, 0.25) is 0 Å². The highest BCUT2D eigenvalue weighted by Gasteiger charge is 2.29. The number of hydrogen-bond acceptors (Lipinski definition) is 3. The van der Waals surface area contributed by atoms with Gasteiger partial charge in [-0.25, -0.2) is 0 Å². The molecule has 3 aromatic carbocycles. The Kier molecular flexibility index (Phi) is 4.99. The number of allylic oxidation sites excluding steroid dienone is 1. The van der Waals surface area contributed by atoms with E-state index >= 15 is 0 Å². The van der Waals surface area contributed by atoms with E-state index in [-0.39, 0.29) is 0 Å². The molecule has 3 aromatic rings. The van der Waals surface area contributed by atoms with Crippen molar-refractivity contribution in [2.45, 2.75) is 38.4 Å². The predicted octanol–water partition coefficient (Wildman–Crippen LogP) is 5.70. The zero-order valence-corrected chi connectivity index (χ0v) is 18.9. The Labute approximate surface area is 191 Å². The van der Waals surface area contributed by atoms with Gasteiger partial charge < -0.3 is 9.80 Å². The van der Waals surface area contributed by atoms with Crippen molar-refractivity contribution < 1.29 is 0 Å². The molecule has 0 aromatic heterocycles. The highest BCUT2D eigenvalue weighted by Crippen LogP contribution is 2.41. The van der Waals surface area contributed by atoms with Gasteiger partial charge in [-0.2, -0.15) is 0 Å². The summed E-state index contributed by atoms with van der Waals surface area (Å²) in [5.41, 5.74) is 10.1. The monoisotopic (exact) mass is 421 g/mol. The minimum Gasteiger partial charge on any atom is -0.374 e. The van der Waals surface area contributed by atoms with E-state index in [0.717, 1.165) is 45.4 Å². The normalized spacial score (nSPS) is 20.0. The van der Waals surface area contributed by atoms with Crippen molar-refractivity contribution in [1.82, 2.24) is 4.90 Å². The van der Waals surface area contributed by atoms with E-state index in [4.69, 9.17) is 0 Å². The van der Waals surface area contributed by atoms with Crippen molar-refractivity contribution in [3.8, 4) is 0 Å². The summed E-state index contributed by atoms with van der Waals surface area (Å²) in [6.45, 7) is 4.30. The first-order valence-corrected chi connectivity index (χ1v) is 11.9. The third-order valence-corrected chi connectivity index (χ3v) is 7.43. The summed E-state index contributed by atoms with van der Waals surface area (Å²) in [5.74, 6) is 0. The number of hydrogen-bond donors (Lipinski definition) is 0. The van der Waals surface area contributed by atoms with Crippen molar-refractivity contribution in [3.05, 3.63) is 107 Å². The molecule has 32 heavy (non-hydrogen) atoms. The number of fused-ring (bicyclic) bond motifs is 3. The summed E-state index contributed by atoms with van der Waals surface area (Å²) >= 11 is 0. The Balaban J connectivity index is 1.28. The van der Waals surface area contributed by atoms with Crippen LogP contribution in [0.2, 0.25) is 0 Å². The van der Waals surface area contributed by atoms with Gasteiger partial charge in [-0.3, -0.25) is 4.90 Å². The lowest BCUT2D eigenvalue weighted by Crippen LogP contribution is -2.35. The van der Waals surface area contributed by atoms with E-state index in [0.29, 0.717) is 6.04 Å². The molecule has 0 spiro atoms. The quantitative estimate of drug-likeness (QED) is 0.537. The minimum atomic E-state index is 0.398. The summed E-state index contributed by atoms with van der Waals surface area (Å²) < 4.78 is 0. The van der Waals surface area contributed by atoms with Gasteiger partial charge in [0.15, 0.2) is 0 Å². The average molecular weight is 422 g/mol. The van der Waals surface area contributed by atoms with Crippen LogP contribution in [0.3, 0.4) is 0 Å². The van der Waals surface area contributed by atoms with Crippen molar-refractivity contribution in [2.24, 2.45) is 0 Å². The molecule has 162 valence electrons. The molecule has 0 N–H and O–H groups in total. The van der Waals surface area contributed by atoms with Gasteiger partial charge in [-0.1, -0.05) is 60.7 Å². The zero-order chi connectivity index (χ0) is 21.5. The van der Waals surface area contributed by atoms with E-state index in [9.17, 15) is 0 Å². The maximum atomic E-state index is 2.60. The molecule has 6 rings (SSSR count). The maximum absolute atomic E-state index is 2.60. The summed E-state index contributed by atoms with van der Waals surface area (Å²) in [5, 5.41) is 0. The second-order valence-corrected chi connectivity index (χ2v) is 9.47. The molecule has 0 saturated carbocycles. The zero-order valence-electron chi connectivity index (χ0n) is 18.9. The Morgan fingerprint density at radius 3 is 2.62 bits per heavy atom. The molecule has 3 heterocycles. The fourth-order valence-corrected chi connectivity index (χ4v) is 5.71. The lowest BCUT2D eigenvalue weighted by atomic mass is 9.92. The SMILES string of the molecule is CN1CCC(N2C=CCc3ccc(CN4CCc5ccccc5C4)cc32)c2ccccc21. The van der Waals surface area contributed by atoms with Crippen LogP contribution in [0.1, 0.15) is 40.3 Å². The number of anilines is 2. The Morgan fingerprint density at radius 2 is 1.69 bits per heavy atom. The molecule has 0 radical (unpaired) electrons. The third kappa shape index (κ3) is 3.51. The van der Waals surface area contributed by atoms with Crippen molar-refractivity contribution in [2.75, 3.05) is 29.9 Å². The number of benzene rings is 3. The average Bonchev–Trinajstić information content (AvgIpc) is 2.84. The van der Waals surface area contributed by atoms with Crippen LogP contribution in [0, 0.1) is 0 Å². The lowest BCUT2D eigenvalue weighted by molar-refractivity contribution is 0.245. The Morgan fingerprint density at radius 1 is 0.844 bits per heavy atom. The molecule has 0 fully saturated rings. The van der Waals surface area contributed by atoms with Gasteiger partial charge >= 0.3 is 0 Å². The molecular weight excluding hydrogens is 390 g/mol. The van der Waals surface area contributed by atoms with Gasteiger partial charge in [0.1, 0.15) is 0 Å².